The lowest BCUT2D eigenvalue weighted by molar-refractivity contribution is -0.117. The van der Waals surface area contributed by atoms with Crippen molar-refractivity contribution in [3.8, 4) is 0 Å². The summed E-state index contributed by atoms with van der Waals surface area (Å²) < 4.78 is 27.7. The molecule has 3 aromatic carbocycles. The Bertz CT molecular complexity index is 1440. The topological polar surface area (TPSA) is 88.2 Å². The first kappa shape index (κ1) is 21.2. The van der Waals surface area contributed by atoms with Crippen molar-refractivity contribution in [2.75, 3.05) is 10.0 Å². The Kier molecular flexibility index (Phi) is 5.34. The molecule has 33 heavy (non-hydrogen) atoms. The SMILES string of the molecule is Cc1cccc2ccc(NC(=O)[C@@H]3CC3c3ccc(S(=O)(=O)Nc4cccnc4)cc3)cc12. The van der Waals surface area contributed by atoms with Crippen molar-refractivity contribution < 1.29 is 13.2 Å². The number of rotatable bonds is 6. The molecule has 1 amide bonds. The molecule has 1 aromatic heterocycles. The summed E-state index contributed by atoms with van der Waals surface area (Å²) in [5.74, 6) is -0.0355. The van der Waals surface area contributed by atoms with Crippen LogP contribution in [0.2, 0.25) is 0 Å². The number of hydrogen-bond donors (Lipinski definition) is 2. The summed E-state index contributed by atoms with van der Waals surface area (Å²) in [5.41, 5.74) is 3.32. The van der Waals surface area contributed by atoms with Gasteiger partial charge in [0.2, 0.25) is 5.91 Å². The van der Waals surface area contributed by atoms with E-state index in [-0.39, 0.29) is 22.6 Å². The van der Waals surface area contributed by atoms with Crippen LogP contribution >= 0.6 is 0 Å². The van der Waals surface area contributed by atoms with E-state index in [2.05, 4.69) is 34.1 Å². The number of anilines is 2. The number of carbonyl (C=O) groups is 1. The lowest BCUT2D eigenvalue weighted by Crippen LogP contribution is -2.14. The normalized spacial score (nSPS) is 17.5. The molecule has 0 spiro atoms. The third kappa shape index (κ3) is 4.45. The van der Waals surface area contributed by atoms with E-state index in [0.717, 1.165) is 28.4 Å². The highest BCUT2D eigenvalue weighted by molar-refractivity contribution is 7.92. The second-order valence-electron chi connectivity index (χ2n) is 8.36. The minimum Gasteiger partial charge on any atom is -0.326 e. The van der Waals surface area contributed by atoms with E-state index in [1.165, 1.54) is 11.8 Å². The number of aryl methyl sites for hydroxylation is 1. The lowest BCUT2D eigenvalue weighted by atomic mass is 10.0. The van der Waals surface area contributed by atoms with Gasteiger partial charge in [0.05, 0.1) is 16.8 Å². The van der Waals surface area contributed by atoms with Gasteiger partial charge in [-0.05, 0) is 77.6 Å². The van der Waals surface area contributed by atoms with Gasteiger partial charge in [0, 0.05) is 17.8 Å². The van der Waals surface area contributed by atoms with Gasteiger partial charge in [-0.1, -0.05) is 36.4 Å². The number of fused-ring (bicyclic) bond motifs is 1. The summed E-state index contributed by atoms with van der Waals surface area (Å²) in [4.78, 5) is 16.9. The molecule has 1 aliphatic carbocycles. The lowest BCUT2D eigenvalue weighted by Gasteiger charge is -2.09. The molecule has 7 heteroatoms. The third-order valence-electron chi connectivity index (χ3n) is 6.03. The van der Waals surface area contributed by atoms with E-state index in [0.29, 0.717) is 5.69 Å². The van der Waals surface area contributed by atoms with E-state index < -0.39 is 10.0 Å². The van der Waals surface area contributed by atoms with E-state index >= 15 is 0 Å². The van der Waals surface area contributed by atoms with Crippen LogP contribution in [0.15, 0.2) is 90.1 Å². The van der Waals surface area contributed by atoms with Crippen molar-refractivity contribution in [2.45, 2.75) is 24.2 Å². The van der Waals surface area contributed by atoms with E-state index in [9.17, 15) is 13.2 Å². The maximum atomic E-state index is 12.8. The first-order valence-corrected chi connectivity index (χ1v) is 12.2. The Morgan fingerprint density at radius 3 is 2.55 bits per heavy atom. The van der Waals surface area contributed by atoms with Gasteiger partial charge in [0.15, 0.2) is 0 Å². The predicted molar refractivity (Wildman–Crippen MR) is 130 cm³/mol. The number of benzene rings is 3. The number of nitrogens with one attached hydrogen (secondary N) is 2. The van der Waals surface area contributed by atoms with Crippen LogP contribution in [0.25, 0.3) is 10.8 Å². The van der Waals surface area contributed by atoms with Crippen molar-refractivity contribution >= 4 is 38.1 Å². The minimum atomic E-state index is -3.70. The van der Waals surface area contributed by atoms with Gasteiger partial charge in [-0.25, -0.2) is 8.42 Å². The molecule has 1 saturated carbocycles. The number of hydrogen-bond acceptors (Lipinski definition) is 4. The van der Waals surface area contributed by atoms with Crippen molar-refractivity contribution in [2.24, 2.45) is 5.92 Å². The molecule has 5 rings (SSSR count). The van der Waals surface area contributed by atoms with Crippen LogP contribution in [0.1, 0.15) is 23.5 Å². The van der Waals surface area contributed by atoms with Gasteiger partial charge < -0.3 is 5.32 Å². The first-order valence-electron chi connectivity index (χ1n) is 10.7. The number of aromatic nitrogens is 1. The van der Waals surface area contributed by atoms with Crippen LogP contribution in [0, 0.1) is 12.8 Å². The van der Waals surface area contributed by atoms with Crippen LogP contribution in [-0.2, 0) is 14.8 Å². The van der Waals surface area contributed by atoms with Crippen LogP contribution < -0.4 is 10.0 Å². The fourth-order valence-corrected chi connectivity index (χ4v) is 5.17. The molecule has 0 aliphatic heterocycles. The molecule has 2 atom stereocenters. The smallest absolute Gasteiger partial charge is 0.261 e. The fourth-order valence-electron chi connectivity index (χ4n) is 4.13. The molecule has 0 saturated heterocycles. The van der Waals surface area contributed by atoms with Gasteiger partial charge in [-0.15, -0.1) is 0 Å². The molecular formula is C26H23N3O3S. The molecule has 1 heterocycles. The molecule has 4 aromatic rings. The summed E-state index contributed by atoms with van der Waals surface area (Å²) in [6.07, 6.45) is 3.78. The second-order valence-corrected chi connectivity index (χ2v) is 10.0. The molecular weight excluding hydrogens is 434 g/mol. The maximum absolute atomic E-state index is 12.8. The minimum absolute atomic E-state index is 0.0112. The zero-order valence-electron chi connectivity index (χ0n) is 18.0. The predicted octanol–water partition coefficient (Wildman–Crippen LogP) is 5.09. The molecule has 1 fully saturated rings. The van der Waals surface area contributed by atoms with Crippen LogP contribution in [0.5, 0.6) is 0 Å². The monoisotopic (exact) mass is 457 g/mol. The Labute approximate surface area is 192 Å². The zero-order chi connectivity index (χ0) is 23.0. The van der Waals surface area contributed by atoms with Crippen LogP contribution in [0.3, 0.4) is 0 Å². The van der Waals surface area contributed by atoms with Gasteiger partial charge in [0.25, 0.3) is 10.0 Å². The number of sulfonamides is 1. The summed E-state index contributed by atoms with van der Waals surface area (Å²) in [5, 5.41) is 5.30. The number of nitrogens with zero attached hydrogens (tertiary/aromatic N) is 1. The number of amides is 1. The van der Waals surface area contributed by atoms with Crippen molar-refractivity contribution in [3.63, 3.8) is 0 Å². The Balaban J connectivity index is 1.25. The molecule has 1 unspecified atom stereocenters. The van der Waals surface area contributed by atoms with E-state index in [4.69, 9.17) is 0 Å². The number of carbonyl (C=O) groups excluding carboxylic acids is 1. The van der Waals surface area contributed by atoms with Crippen molar-refractivity contribution in [1.82, 2.24) is 4.98 Å². The molecule has 166 valence electrons. The zero-order valence-corrected chi connectivity index (χ0v) is 18.8. The molecule has 0 radical (unpaired) electrons. The van der Waals surface area contributed by atoms with Crippen molar-refractivity contribution in [1.29, 1.82) is 0 Å². The highest BCUT2D eigenvalue weighted by atomic mass is 32.2. The Morgan fingerprint density at radius 1 is 0.970 bits per heavy atom. The Morgan fingerprint density at radius 2 is 1.79 bits per heavy atom. The van der Waals surface area contributed by atoms with Crippen LogP contribution in [0.4, 0.5) is 11.4 Å². The largest absolute Gasteiger partial charge is 0.326 e. The van der Waals surface area contributed by atoms with E-state index in [1.807, 2.05) is 24.3 Å². The van der Waals surface area contributed by atoms with Gasteiger partial charge in [-0.2, -0.15) is 0 Å². The van der Waals surface area contributed by atoms with Crippen molar-refractivity contribution in [3.05, 3.63) is 96.3 Å². The number of pyridine rings is 1. The summed E-state index contributed by atoms with van der Waals surface area (Å²) in [6, 6.07) is 22.1. The molecule has 6 nitrogen and oxygen atoms in total. The maximum Gasteiger partial charge on any atom is 0.261 e. The Hall–Kier alpha value is -3.71. The average Bonchev–Trinajstić information content (AvgIpc) is 3.61. The highest BCUT2D eigenvalue weighted by Crippen LogP contribution is 2.48. The first-order chi connectivity index (χ1) is 15.9. The third-order valence-corrected chi connectivity index (χ3v) is 7.42. The standard InChI is InChI=1S/C26H23N3O3S/c1-17-4-2-5-18-7-10-20(14-23(17)18)28-26(30)25-15-24(25)19-8-11-22(12-9-19)33(31,32)29-21-6-3-13-27-16-21/h2-14,16,24-25,29H,15H2,1H3,(H,28,30)/t24?,25-/m1/s1. The highest BCUT2D eigenvalue weighted by Gasteiger charge is 2.44. The second kappa shape index (κ2) is 8.33. The summed E-state index contributed by atoms with van der Waals surface area (Å²) >= 11 is 0. The quantitative estimate of drug-likeness (QED) is 0.422. The van der Waals surface area contributed by atoms with Gasteiger partial charge >= 0.3 is 0 Å². The average molecular weight is 458 g/mol. The van der Waals surface area contributed by atoms with Gasteiger partial charge in [0.1, 0.15) is 0 Å². The van der Waals surface area contributed by atoms with Gasteiger partial charge in [-0.3, -0.25) is 14.5 Å². The summed E-state index contributed by atoms with van der Waals surface area (Å²) in [7, 11) is -3.70. The molecule has 2 N–H and O–H groups in total. The van der Waals surface area contributed by atoms with E-state index in [1.54, 1.807) is 42.6 Å². The fraction of sp³-hybridized carbons (Fsp3) is 0.154. The summed E-state index contributed by atoms with van der Waals surface area (Å²) in [6.45, 7) is 2.06. The molecule has 1 aliphatic rings. The molecule has 0 bridgehead atoms. The van der Waals surface area contributed by atoms with Crippen LogP contribution in [-0.4, -0.2) is 19.3 Å².